The van der Waals surface area contributed by atoms with Crippen molar-refractivity contribution in [2.75, 3.05) is 20.1 Å². The van der Waals surface area contributed by atoms with Crippen molar-refractivity contribution in [2.45, 2.75) is 12.3 Å². The first-order valence-corrected chi connectivity index (χ1v) is 7.22. The van der Waals surface area contributed by atoms with Crippen molar-refractivity contribution in [3.05, 3.63) is 53.4 Å². The van der Waals surface area contributed by atoms with E-state index in [0.717, 1.165) is 6.42 Å². The van der Waals surface area contributed by atoms with Crippen LogP contribution in [0, 0.1) is 0 Å². The fourth-order valence-corrected chi connectivity index (χ4v) is 2.71. The number of benzene rings is 1. The third kappa shape index (κ3) is 2.72. The SMILES string of the molecule is CNC(=O)c1cc(C(=O)N2CCC(c3ccccc3)C2)no1. The first-order chi connectivity index (χ1) is 10.7. The van der Waals surface area contributed by atoms with Gasteiger partial charge in [-0.2, -0.15) is 0 Å². The third-order valence-corrected chi connectivity index (χ3v) is 3.93. The highest BCUT2D eigenvalue weighted by molar-refractivity contribution is 5.96. The molecule has 1 fully saturated rings. The van der Waals surface area contributed by atoms with Crippen LogP contribution >= 0.6 is 0 Å². The fraction of sp³-hybridized carbons (Fsp3) is 0.312. The predicted octanol–water partition coefficient (Wildman–Crippen LogP) is 1.66. The van der Waals surface area contributed by atoms with Gasteiger partial charge in [0.2, 0.25) is 5.76 Å². The first-order valence-electron chi connectivity index (χ1n) is 7.22. The molecule has 1 aliphatic rings. The van der Waals surface area contributed by atoms with Crippen molar-refractivity contribution >= 4 is 11.8 Å². The van der Waals surface area contributed by atoms with Crippen LogP contribution < -0.4 is 5.32 Å². The summed E-state index contributed by atoms with van der Waals surface area (Å²) >= 11 is 0. The van der Waals surface area contributed by atoms with Gasteiger partial charge in [0.25, 0.3) is 11.8 Å². The summed E-state index contributed by atoms with van der Waals surface area (Å²) < 4.78 is 4.90. The summed E-state index contributed by atoms with van der Waals surface area (Å²) in [5.41, 5.74) is 1.41. The normalized spacial score (nSPS) is 17.5. The summed E-state index contributed by atoms with van der Waals surface area (Å²) in [6.07, 6.45) is 0.926. The van der Waals surface area contributed by atoms with Crippen LogP contribution in [0.2, 0.25) is 0 Å². The van der Waals surface area contributed by atoms with Crippen LogP contribution in [0.25, 0.3) is 0 Å². The smallest absolute Gasteiger partial charge is 0.289 e. The molecule has 1 unspecified atom stereocenters. The van der Waals surface area contributed by atoms with E-state index in [0.29, 0.717) is 19.0 Å². The van der Waals surface area contributed by atoms with Gasteiger partial charge >= 0.3 is 0 Å². The molecule has 1 aromatic carbocycles. The number of nitrogens with one attached hydrogen (secondary N) is 1. The van der Waals surface area contributed by atoms with Crippen LogP contribution in [-0.4, -0.2) is 42.0 Å². The van der Waals surface area contributed by atoms with Gasteiger partial charge in [0.05, 0.1) is 0 Å². The van der Waals surface area contributed by atoms with E-state index in [4.69, 9.17) is 4.52 Å². The van der Waals surface area contributed by atoms with E-state index in [1.54, 1.807) is 4.90 Å². The standard InChI is InChI=1S/C16H17N3O3/c1-17-15(20)14-9-13(18-22-14)16(21)19-8-7-12(10-19)11-5-3-2-4-6-11/h2-6,9,12H,7-8,10H2,1H3,(H,17,20). The number of aromatic nitrogens is 1. The zero-order valence-electron chi connectivity index (χ0n) is 12.3. The van der Waals surface area contributed by atoms with Crippen molar-refractivity contribution in [2.24, 2.45) is 0 Å². The van der Waals surface area contributed by atoms with E-state index in [-0.39, 0.29) is 17.4 Å². The summed E-state index contributed by atoms with van der Waals surface area (Å²) in [6, 6.07) is 11.5. The van der Waals surface area contributed by atoms with E-state index in [1.165, 1.54) is 18.7 Å². The molecular formula is C16H17N3O3. The fourth-order valence-electron chi connectivity index (χ4n) is 2.71. The van der Waals surface area contributed by atoms with E-state index < -0.39 is 5.91 Å². The molecule has 22 heavy (non-hydrogen) atoms. The molecule has 1 saturated heterocycles. The van der Waals surface area contributed by atoms with Crippen LogP contribution in [0.3, 0.4) is 0 Å². The molecule has 1 aromatic heterocycles. The van der Waals surface area contributed by atoms with E-state index in [9.17, 15) is 9.59 Å². The molecule has 1 N–H and O–H groups in total. The lowest BCUT2D eigenvalue weighted by Gasteiger charge is -2.15. The van der Waals surface area contributed by atoms with Crippen molar-refractivity contribution in [3.8, 4) is 0 Å². The number of nitrogens with zero attached hydrogens (tertiary/aromatic N) is 2. The predicted molar refractivity (Wildman–Crippen MR) is 79.6 cm³/mol. The van der Waals surface area contributed by atoms with Crippen LogP contribution in [0.15, 0.2) is 40.9 Å². The second-order valence-electron chi connectivity index (χ2n) is 5.30. The lowest BCUT2D eigenvalue weighted by Crippen LogP contribution is -2.28. The van der Waals surface area contributed by atoms with Gasteiger partial charge in [0, 0.05) is 32.1 Å². The summed E-state index contributed by atoms with van der Waals surface area (Å²) in [5.74, 6) is -0.201. The maximum atomic E-state index is 12.4. The lowest BCUT2D eigenvalue weighted by molar-refractivity contribution is 0.0778. The highest BCUT2D eigenvalue weighted by Crippen LogP contribution is 2.27. The molecule has 0 spiro atoms. The monoisotopic (exact) mass is 299 g/mol. The molecule has 2 amide bonds. The molecule has 2 aromatic rings. The van der Waals surface area contributed by atoms with Crippen molar-refractivity contribution < 1.29 is 14.1 Å². The average Bonchev–Trinajstić information content (AvgIpc) is 3.24. The van der Waals surface area contributed by atoms with Crippen LogP contribution in [0.4, 0.5) is 0 Å². The van der Waals surface area contributed by atoms with Gasteiger partial charge < -0.3 is 14.7 Å². The molecule has 2 heterocycles. The number of hydrogen-bond donors (Lipinski definition) is 1. The number of rotatable bonds is 3. The van der Waals surface area contributed by atoms with Crippen molar-refractivity contribution in [1.82, 2.24) is 15.4 Å². The molecule has 0 aliphatic carbocycles. The number of carbonyl (C=O) groups excluding carboxylic acids is 2. The molecule has 6 nitrogen and oxygen atoms in total. The Morgan fingerprint density at radius 3 is 2.82 bits per heavy atom. The highest BCUT2D eigenvalue weighted by atomic mass is 16.5. The maximum absolute atomic E-state index is 12.4. The van der Waals surface area contributed by atoms with E-state index >= 15 is 0 Å². The van der Waals surface area contributed by atoms with Crippen molar-refractivity contribution in [1.29, 1.82) is 0 Å². The summed E-state index contributed by atoms with van der Waals surface area (Å²) in [4.78, 5) is 25.6. The van der Waals surface area contributed by atoms with Crippen LogP contribution in [-0.2, 0) is 0 Å². The first kappa shape index (κ1) is 14.3. The Morgan fingerprint density at radius 2 is 2.09 bits per heavy atom. The molecule has 0 radical (unpaired) electrons. The quantitative estimate of drug-likeness (QED) is 0.935. The van der Waals surface area contributed by atoms with E-state index in [2.05, 4.69) is 22.6 Å². The number of carbonyl (C=O) groups is 2. The lowest BCUT2D eigenvalue weighted by atomic mass is 9.99. The van der Waals surface area contributed by atoms with Gasteiger partial charge in [-0.3, -0.25) is 9.59 Å². The minimum absolute atomic E-state index is 0.0460. The Bertz CT molecular complexity index is 681. The zero-order valence-corrected chi connectivity index (χ0v) is 12.3. The molecule has 1 aliphatic heterocycles. The maximum Gasteiger partial charge on any atom is 0.289 e. The minimum atomic E-state index is -0.393. The molecule has 6 heteroatoms. The zero-order chi connectivity index (χ0) is 15.5. The van der Waals surface area contributed by atoms with Gasteiger partial charge in [-0.05, 0) is 12.0 Å². The Hall–Kier alpha value is -2.63. The second-order valence-corrected chi connectivity index (χ2v) is 5.30. The topological polar surface area (TPSA) is 75.4 Å². The summed E-state index contributed by atoms with van der Waals surface area (Å²) in [5, 5.41) is 6.13. The molecule has 3 rings (SSSR count). The Kier molecular flexibility index (Phi) is 3.91. The van der Waals surface area contributed by atoms with Crippen LogP contribution in [0.5, 0.6) is 0 Å². The van der Waals surface area contributed by atoms with Gasteiger partial charge in [0.1, 0.15) is 0 Å². The molecular weight excluding hydrogens is 282 g/mol. The highest BCUT2D eigenvalue weighted by Gasteiger charge is 2.29. The molecule has 0 bridgehead atoms. The summed E-state index contributed by atoms with van der Waals surface area (Å²) in [7, 11) is 1.50. The Labute approximate surface area is 128 Å². The molecule has 1 atom stereocenters. The van der Waals surface area contributed by atoms with E-state index in [1.807, 2.05) is 18.2 Å². The second kappa shape index (κ2) is 6.01. The minimum Gasteiger partial charge on any atom is -0.352 e. The largest absolute Gasteiger partial charge is 0.352 e. The van der Waals surface area contributed by atoms with Crippen molar-refractivity contribution in [3.63, 3.8) is 0 Å². The summed E-state index contributed by atoms with van der Waals surface area (Å²) in [6.45, 7) is 1.34. The average molecular weight is 299 g/mol. The van der Waals surface area contributed by atoms with Gasteiger partial charge in [-0.15, -0.1) is 0 Å². The van der Waals surface area contributed by atoms with Gasteiger partial charge in [-0.25, -0.2) is 0 Å². The number of amides is 2. The van der Waals surface area contributed by atoms with Gasteiger partial charge in [-0.1, -0.05) is 35.5 Å². The molecule has 114 valence electrons. The Morgan fingerprint density at radius 1 is 1.32 bits per heavy atom. The number of hydrogen-bond acceptors (Lipinski definition) is 4. The number of likely N-dealkylation sites (tertiary alicyclic amines) is 1. The molecule has 0 saturated carbocycles. The van der Waals surface area contributed by atoms with Crippen LogP contribution in [0.1, 0.15) is 38.9 Å². The third-order valence-electron chi connectivity index (χ3n) is 3.93. The van der Waals surface area contributed by atoms with Gasteiger partial charge in [0.15, 0.2) is 5.69 Å². The Balaban J connectivity index is 1.69.